The van der Waals surface area contributed by atoms with Gasteiger partial charge in [0.25, 0.3) is 0 Å². The number of fused-ring (bicyclic) bond motifs is 1. The Labute approximate surface area is 103 Å². The summed E-state index contributed by atoms with van der Waals surface area (Å²) < 4.78 is 0. The molecule has 1 N–H and O–H groups in total. The number of aliphatic hydroxyl groups is 1. The molecule has 2 rings (SSSR count). The number of Topliss-reactive ketones (excluding diaryl/α,β-unsaturated/α-hetero) is 1. The zero-order chi connectivity index (χ0) is 12.8. The van der Waals surface area contributed by atoms with Gasteiger partial charge in [0.2, 0.25) is 0 Å². The monoisotopic (exact) mass is 234 g/mol. The summed E-state index contributed by atoms with van der Waals surface area (Å²) in [5, 5.41) is 10.6. The molecule has 1 fully saturated rings. The standard InChI is InChI=1S/C15H22O2/c1-10(2)15(17)8-7-14(4)6-5-13(16)11(3)12(14)9-15/h17H,1,5-9H2,2-4H3/t14-,15+/m1/s1. The molecule has 2 heteroatoms. The fourth-order valence-corrected chi connectivity index (χ4v) is 3.20. The first kappa shape index (κ1) is 12.6. The summed E-state index contributed by atoms with van der Waals surface area (Å²) >= 11 is 0. The Bertz CT molecular complexity index is 419. The predicted molar refractivity (Wildman–Crippen MR) is 68.7 cm³/mol. The third kappa shape index (κ3) is 1.89. The minimum atomic E-state index is -0.798. The van der Waals surface area contributed by atoms with E-state index >= 15 is 0 Å². The molecule has 0 amide bonds. The second-order valence-electron chi connectivity index (χ2n) is 6.08. The molecule has 0 heterocycles. The van der Waals surface area contributed by atoms with Crippen LogP contribution in [0.5, 0.6) is 0 Å². The molecule has 0 radical (unpaired) electrons. The summed E-state index contributed by atoms with van der Waals surface area (Å²) in [5.41, 5.74) is 2.20. The van der Waals surface area contributed by atoms with Crippen LogP contribution in [0.25, 0.3) is 0 Å². The first-order chi connectivity index (χ1) is 7.78. The van der Waals surface area contributed by atoms with Crippen molar-refractivity contribution in [3.05, 3.63) is 23.3 Å². The lowest BCUT2D eigenvalue weighted by Gasteiger charge is -2.47. The second-order valence-corrected chi connectivity index (χ2v) is 6.08. The van der Waals surface area contributed by atoms with Crippen molar-refractivity contribution in [3.8, 4) is 0 Å². The van der Waals surface area contributed by atoms with Gasteiger partial charge in [-0.15, -0.1) is 0 Å². The molecule has 0 aromatic heterocycles. The van der Waals surface area contributed by atoms with Crippen LogP contribution in [0, 0.1) is 5.41 Å². The molecule has 0 aliphatic heterocycles. The first-order valence-electron chi connectivity index (χ1n) is 6.40. The van der Waals surface area contributed by atoms with E-state index in [1.54, 1.807) is 0 Å². The maximum absolute atomic E-state index is 11.8. The van der Waals surface area contributed by atoms with Gasteiger partial charge < -0.3 is 5.11 Å². The number of rotatable bonds is 1. The van der Waals surface area contributed by atoms with Crippen molar-refractivity contribution in [1.82, 2.24) is 0 Å². The van der Waals surface area contributed by atoms with Gasteiger partial charge in [-0.05, 0) is 49.7 Å². The molecule has 2 aliphatic rings. The summed E-state index contributed by atoms with van der Waals surface area (Å²) in [6, 6.07) is 0. The minimum Gasteiger partial charge on any atom is -0.385 e. The maximum atomic E-state index is 11.8. The van der Waals surface area contributed by atoms with E-state index in [4.69, 9.17) is 0 Å². The van der Waals surface area contributed by atoms with Crippen LogP contribution in [0.1, 0.15) is 52.9 Å². The van der Waals surface area contributed by atoms with Crippen LogP contribution in [-0.4, -0.2) is 16.5 Å². The molecular formula is C15H22O2. The summed E-state index contributed by atoms with van der Waals surface area (Å²) in [6.45, 7) is 9.92. The van der Waals surface area contributed by atoms with E-state index in [0.717, 1.165) is 30.4 Å². The fraction of sp³-hybridized carbons (Fsp3) is 0.667. The lowest BCUT2D eigenvalue weighted by Crippen LogP contribution is -2.43. The summed E-state index contributed by atoms with van der Waals surface area (Å²) in [7, 11) is 0. The Morgan fingerprint density at radius 1 is 1.35 bits per heavy atom. The molecule has 0 unspecified atom stereocenters. The third-order valence-corrected chi connectivity index (χ3v) is 4.86. The highest BCUT2D eigenvalue weighted by Crippen LogP contribution is 2.52. The van der Waals surface area contributed by atoms with E-state index in [9.17, 15) is 9.90 Å². The van der Waals surface area contributed by atoms with Crippen LogP contribution in [-0.2, 0) is 4.79 Å². The van der Waals surface area contributed by atoms with Crippen molar-refractivity contribution in [2.75, 3.05) is 0 Å². The predicted octanol–water partition coefficient (Wildman–Crippen LogP) is 3.16. The van der Waals surface area contributed by atoms with Gasteiger partial charge in [-0.2, -0.15) is 0 Å². The molecule has 1 saturated carbocycles. The van der Waals surface area contributed by atoms with Gasteiger partial charge in [0.05, 0.1) is 5.60 Å². The van der Waals surface area contributed by atoms with Gasteiger partial charge >= 0.3 is 0 Å². The van der Waals surface area contributed by atoms with Crippen LogP contribution in [0.3, 0.4) is 0 Å². The Kier molecular flexibility index (Phi) is 2.81. The van der Waals surface area contributed by atoms with Crippen molar-refractivity contribution in [1.29, 1.82) is 0 Å². The van der Waals surface area contributed by atoms with Crippen LogP contribution < -0.4 is 0 Å². The highest BCUT2D eigenvalue weighted by Gasteiger charge is 2.45. The molecule has 2 atom stereocenters. The Hall–Kier alpha value is -0.890. The first-order valence-corrected chi connectivity index (χ1v) is 6.40. The quantitative estimate of drug-likeness (QED) is 0.708. The van der Waals surface area contributed by atoms with Crippen LogP contribution in [0.15, 0.2) is 23.3 Å². The highest BCUT2D eigenvalue weighted by molar-refractivity contribution is 5.96. The topological polar surface area (TPSA) is 37.3 Å². The van der Waals surface area contributed by atoms with Crippen LogP contribution >= 0.6 is 0 Å². The number of hydrogen-bond donors (Lipinski definition) is 1. The van der Waals surface area contributed by atoms with Gasteiger partial charge in [-0.3, -0.25) is 4.79 Å². The van der Waals surface area contributed by atoms with Crippen molar-refractivity contribution < 1.29 is 9.90 Å². The zero-order valence-electron chi connectivity index (χ0n) is 11.1. The van der Waals surface area contributed by atoms with E-state index in [0.29, 0.717) is 12.8 Å². The van der Waals surface area contributed by atoms with Gasteiger partial charge in [-0.25, -0.2) is 0 Å². The van der Waals surface area contributed by atoms with E-state index < -0.39 is 5.60 Å². The van der Waals surface area contributed by atoms with Crippen molar-refractivity contribution in [2.24, 2.45) is 5.41 Å². The molecule has 0 spiro atoms. The van der Waals surface area contributed by atoms with Gasteiger partial charge in [0.15, 0.2) is 5.78 Å². The molecule has 0 bridgehead atoms. The minimum absolute atomic E-state index is 0.125. The van der Waals surface area contributed by atoms with E-state index in [1.807, 2.05) is 13.8 Å². The lowest BCUT2D eigenvalue weighted by atomic mass is 9.59. The summed E-state index contributed by atoms with van der Waals surface area (Å²) in [5.74, 6) is 0.253. The molecule has 2 aliphatic carbocycles. The molecule has 17 heavy (non-hydrogen) atoms. The SMILES string of the molecule is C=C(C)[C@]1(O)CC[C@@]2(C)CCC(=O)C(C)=C2C1. The Morgan fingerprint density at radius 3 is 2.59 bits per heavy atom. The van der Waals surface area contributed by atoms with Crippen molar-refractivity contribution in [3.63, 3.8) is 0 Å². The van der Waals surface area contributed by atoms with Crippen LogP contribution in [0.4, 0.5) is 0 Å². The molecule has 0 saturated heterocycles. The largest absolute Gasteiger partial charge is 0.385 e. The number of carbonyl (C=O) groups excluding carboxylic acids is 1. The Balaban J connectivity index is 2.42. The van der Waals surface area contributed by atoms with Crippen LogP contribution in [0.2, 0.25) is 0 Å². The average Bonchev–Trinajstić information content (AvgIpc) is 2.27. The smallest absolute Gasteiger partial charge is 0.158 e. The van der Waals surface area contributed by atoms with Gasteiger partial charge in [0.1, 0.15) is 0 Å². The Morgan fingerprint density at radius 2 is 2.00 bits per heavy atom. The zero-order valence-corrected chi connectivity index (χ0v) is 11.1. The lowest BCUT2D eigenvalue weighted by molar-refractivity contribution is -0.117. The third-order valence-electron chi connectivity index (χ3n) is 4.86. The molecular weight excluding hydrogens is 212 g/mol. The van der Waals surface area contributed by atoms with Gasteiger partial charge in [0, 0.05) is 12.8 Å². The van der Waals surface area contributed by atoms with E-state index in [2.05, 4.69) is 13.5 Å². The number of ketones is 1. The van der Waals surface area contributed by atoms with Crippen molar-refractivity contribution >= 4 is 5.78 Å². The fourth-order valence-electron chi connectivity index (χ4n) is 3.20. The number of carbonyl (C=O) groups is 1. The van der Waals surface area contributed by atoms with E-state index in [-0.39, 0.29) is 11.2 Å². The molecule has 2 nitrogen and oxygen atoms in total. The van der Waals surface area contributed by atoms with Crippen molar-refractivity contribution in [2.45, 2.75) is 58.5 Å². The molecule has 94 valence electrons. The van der Waals surface area contributed by atoms with E-state index in [1.165, 1.54) is 5.57 Å². The number of hydrogen-bond acceptors (Lipinski definition) is 2. The number of allylic oxidation sites excluding steroid dienone is 1. The summed E-state index contributed by atoms with van der Waals surface area (Å²) in [4.78, 5) is 11.8. The second kappa shape index (κ2) is 3.81. The summed E-state index contributed by atoms with van der Waals surface area (Å²) in [6.07, 6.45) is 3.92. The maximum Gasteiger partial charge on any atom is 0.158 e. The highest BCUT2D eigenvalue weighted by atomic mass is 16.3. The normalized spacial score (nSPS) is 38.0. The molecule has 0 aromatic rings. The molecule has 0 aromatic carbocycles. The average molecular weight is 234 g/mol. The van der Waals surface area contributed by atoms with Gasteiger partial charge in [-0.1, -0.05) is 19.1 Å².